The molecule has 4 nitrogen and oxygen atoms in total. The van der Waals surface area contributed by atoms with Gasteiger partial charge in [-0.2, -0.15) is 0 Å². The van der Waals surface area contributed by atoms with E-state index in [1.807, 2.05) is 48.5 Å². The Morgan fingerprint density at radius 3 is 2.41 bits per heavy atom. The molecule has 0 aromatic heterocycles. The summed E-state index contributed by atoms with van der Waals surface area (Å²) in [6, 6.07) is 14.3. The molecule has 0 amide bonds. The van der Waals surface area contributed by atoms with Gasteiger partial charge in [0, 0.05) is 11.1 Å². The van der Waals surface area contributed by atoms with Gasteiger partial charge in [0.25, 0.3) is 0 Å². The third kappa shape index (κ3) is 4.07. The summed E-state index contributed by atoms with van der Waals surface area (Å²) in [5.74, 6) is -0.497. The minimum atomic E-state index is -0.822. The molecule has 0 saturated heterocycles. The van der Waals surface area contributed by atoms with Gasteiger partial charge < -0.3 is 16.2 Å². The second-order valence-electron chi connectivity index (χ2n) is 5.12. The molecule has 0 unspecified atom stereocenters. The maximum atomic E-state index is 11.4. The standard InChI is InChI=1S/C17H19ClN2O2/c1-22-17(21)16(20)15(19)9-11-5-7-12(8-6-11)13-3-2-4-14(18)10-13/h2-8,10,15-16H,9,19-20H2,1H3/t15-,16-/m1/s1. The van der Waals surface area contributed by atoms with Crippen molar-refractivity contribution in [1.82, 2.24) is 0 Å². The van der Waals surface area contributed by atoms with Gasteiger partial charge in [-0.05, 0) is 35.2 Å². The number of hydrogen-bond acceptors (Lipinski definition) is 4. The van der Waals surface area contributed by atoms with Gasteiger partial charge in [-0.25, -0.2) is 0 Å². The van der Waals surface area contributed by atoms with Gasteiger partial charge in [0.2, 0.25) is 0 Å². The zero-order valence-electron chi connectivity index (χ0n) is 12.3. The van der Waals surface area contributed by atoms with Crippen LogP contribution in [0.2, 0.25) is 5.02 Å². The van der Waals surface area contributed by atoms with E-state index in [2.05, 4.69) is 4.74 Å². The number of halogens is 1. The smallest absolute Gasteiger partial charge is 0.324 e. The SMILES string of the molecule is COC(=O)[C@H](N)[C@H](N)Cc1ccc(-c2cccc(Cl)c2)cc1. The van der Waals surface area contributed by atoms with Gasteiger partial charge in [0.15, 0.2) is 0 Å². The normalized spacial score (nSPS) is 13.5. The molecule has 116 valence electrons. The van der Waals surface area contributed by atoms with Crippen LogP contribution in [0.4, 0.5) is 0 Å². The Hall–Kier alpha value is -1.88. The van der Waals surface area contributed by atoms with Crippen LogP contribution in [0.5, 0.6) is 0 Å². The van der Waals surface area contributed by atoms with Gasteiger partial charge in [-0.3, -0.25) is 4.79 Å². The summed E-state index contributed by atoms with van der Waals surface area (Å²) in [5, 5.41) is 0.702. The molecular formula is C17H19ClN2O2. The molecule has 0 saturated carbocycles. The van der Waals surface area contributed by atoms with Crippen molar-refractivity contribution < 1.29 is 9.53 Å². The van der Waals surface area contributed by atoms with Crippen LogP contribution in [0.15, 0.2) is 48.5 Å². The Morgan fingerprint density at radius 1 is 1.14 bits per heavy atom. The fourth-order valence-electron chi connectivity index (χ4n) is 2.21. The first-order valence-corrected chi connectivity index (χ1v) is 7.33. The van der Waals surface area contributed by atoms with Crippen LogP contribution >= 0.6 is 11.6 Å². The molecule has 0 aliphatic carbocycles. The first-order valence-electron chi connectivity index (χ1n) is 6.95. The van der Waals surface area contributed by atoms with Crippen LogP contribution in [-0.2, 0) is 16.0 Å². The van der Waals surface area contributed by atoms with Crippen molar-refractivity contribution in [3.63, 3.8) is 0 Å². The minimum Gasteiger partial charge on any atom is -0.468 e. The molecule has 0 fully saturated rings. The summed E-state index contributed by atoms with van der Waals surface area (Å²) in [7, 11) is 1.30. The molecule has 0 radical (unpaired) electrons. The average molecular weight is 319 g/mol. The van der Waals surface area contributed by atoms with Crippen LogP contribution in [0.25, 0.3) is 11.1 Å². The Labute approximate surface area is 135 Å². The van der Waals surface area contributed by atoms with E-state index in [1.165, 1.54) is 7.11 Å². The molecule has 22 heavy (non-hydrogen) atoms. The van der Waals surface area contributed by atoms with Crippen LogP contribution in [0.3, 0.4) is 0 Å². The van der Waals surface area contributed by atoms with Gasteiger partial charge in [-0.15, -0.1) is 0 Å². The minimum absolute atomic E-state index is 0.482. The van der Waals surface area contributed by atoms with E-state index in [-0.39, 0.29) is 0 Å². The van der Waals surface area contributed by atoms with Crippen molar-refractivity contribution in [2.75, 3.05) is 7.11 Å². The predicted molar refractivity (Wildman–Crippen MR) is 88.6 cm³/mol. The number of nitrogens with two attached hydrogens (primary N) is 2. The molecule has 2 atom stereocenters. The summed E-state index contributed by atoms with van der Waals surface area (Å²) in [6.45, 7) is 0. The van der Waals surface area contributed by atoms with E-state index < -0.39 is 18.1 Å². The Morgan fingerprint density at radius 2 is 1.82 bits per heavy atom. The van der Waals surface area contributed by atoms with Crippen LogP contribution in [-0.4, -0.2) is 25.2 Å². The van der Waals surface area contributed by atoms with Crippen molar-refractivity contribution >= 4 is 17.6 Å². The number of methoxy groups -OCH3 is 1. The van der Waals surface area contributed by atoms with Crippen molar-refractivity contribution in [2.24, 2.45) is 11.5 Å². The number of rotatable bonds is 5. The first-order chi connectivity index (χ1) is 10.5. The summed E-state index contributed by atoms with van der Waals surface area (Å²) in [5.41, 5.74) is 14.8. The summed E-state index contributed by atoms with van der Waals surface area (Å²) in [4.78, 5) is 11.4. The van der Waals surface area contributed by atoms with E-state index in [9.17, 15) is 4.79 Å². The monoisotopic (exact) mass is 318 g/mol. The summed E-state index contributed by atoms with van der Waals surface area (Å²) < 4.78 is 4.60. The molecule has 2 rings (SSSR count). The molecule has 2 aromatic carbocycles. The van der Waals surface area contributed by atoms with Crippen molar-refractivity contribution in [2.45, 2.75) is 18.5 Å². The predicted octanol–water partition coefficient (Wildman–Crippen LogP) is 2.38. The molecule has 0 heterocycles. The van der Waals surface area contributed by atoms with Gasteiger partial charge in [-0.1, -0.05) is 48.0 Å². The number of carbonyl (C=O) groups is 1. The largest absolute Gasteiger partial charge is 0.468 e. The highest BCUT2D eigenvalue weighted by Gasteiger charge is 2.22. The Bertz CT molecular complexity index is 643. The van der Waals surface area contributed by atoms with E-state index in [0.29, 0.717) is 11.4 Å². The molecule has 0 aliphatic heterocycles. The van der Waals surface area contributed by atoms with Crippen LogP contribution in [0, 0.1) is 0 Å². The number of ether oxygens (including phenoxy) is 1. The van der Waals surface area contributed by atoms with Crippen molar-refractivity contribution in [3.05, 3.63) is 59.1 Å². The van der Waals surface area contributed by atoms with Gasteiger partial charge in [0.1, 0.15) is 6.04 Å². The molecule has 2 aromatic rings. The fraction of sp³-hybridized carbons (Fsp3) is 0.235. The fourth-order valence-corrected chi connectivity index (χ4v) is 2.40. The quantitative estimate of drug-likeness (QED) is 0.830. The van der Waals surface area contributed by atoms with Gasteiger partial charge in [0.05, 0.1) is 7.11 Å². The summed E-state index contributed by atoms with van der Waals surface area (Å²) >= 11 is 6.00. The van der Waals surface area contributed by atoms with E-state index in [0.717, 1.165) is 16.7 Å². The summed E-state index contributed by atoms with van der Waals surface area (Å²) in [6.07, 6.45) is 0.506. The average Bonchev–Trinajstić information content (AvgIpc) is 2.54. The van der Waals surface area contributed by atoms with E-state index in [1.54, 1.807) is 0 Å². The lowest BCUT2D eigenvalue weighted by Crippen LogP contribution is -2.48. The number of carbonyl (C=O) groups excluding carboxylic acids is 1. The maximum absolute atomic E-state index is 11.4. The third-order valence-corrected chi connectivity index (χ3v) is 3.75. The second kappa shape index (κ2) is 7.40. The molecule has 5 heteroatoms. The maximum Gasteiger partial charge on any atom is 0.324 e. The number of esters is 1. The number of hydrogen-bond donors (Lipinski definition) is 2. The van der Waals surface area contributed by atoms with E-state index >= 15 is 0 Å². The van der Waals surface area contributed by atoms with Crippen LogP contribution in [0.1, 0.15) is 5.56 Å². The Balaban J connectivity index is 2.08. The first kappa shape index (κ1) is 16.5. The lowest BCUT2D eigenvalue weighted by atomic mass is 9.98. The van der Waals surface area contributed by atoms with Crippen LogP contribution < -0.4 is 11.5 Å². The molecule has 0 bridgehead atoms. The Kier molecular flexibility index (Phi) is 5.55. The lowest BCUT2D eigenvalue weighted by Gasteiger charge is -2.17. The molecule has 0 aliphatic rings. The third-order valence-electron chi connectivity index (χ3n) is 3.52. The van der Waals surface area contributed by atoms with E-state index in [4.69, 9.17) is 23.1 Å². The zero-order valence-corrected chi connectivity index (χ0v) is 13.1. The molecule has 0 spiro atoms. The highest BCUT2D eigenvalue weighted by Crippen LogP contribution is 2.23. The van der Waals surface area contributed by atoms with Gasteiger partial charge >= 0.3 is 5.97 Å². The molecule has 4 N–H and O–H groups in total. The lowest BCUT2D eigenvalue weighted by molar-refractivity contribution is -0.142. The zero-order chi connectivity index (χ0) is 16.1. The van der Waals surface area contributed by atoms with Crippen molar-refractivity contribution in [3.8, 4) is 11.1 Å². The van der Waals surface area contributed by atoms with Crippen molar-refractivity contribution in [1.29, 1.82) is 0 Å². The topological polar surface area (TPSA) is 78.3 Å². The highest BCUT2D eigenvalue weighted by molar-refractivity contribution is 6.30. The molecular weight excluding hydrogens is 300 g/mol. The second-order valence-corrected chi connectivity index (χ2v) is 5.56. The highest BCUT2D eigenvalue weighted by atomic mass is 35.5. The number of benzene rings is 2.